The minimum Gasteiger partial charge on any atom is -0.357 e. The van der Waals surface area contributed by atoms with Gasteiger partial charge in [-0.2, -0.15) is 0 Å². The highest BCUT2D eigenvalue weighted by Gasteiger charge is 2.09. The maximum Gasteiger partial charge on any atom is 0.246 e. The second-order valence-electron chi connectivity index (χ2n) is 3.02. The molecule has 1 aliphatic rings. The lowest BCUT2D eigenvalue weighted by Crippen LogP contribution is -2.16. The maximum absolute atomic E-state index is 10.9. The summed E-state index contributed by atoms with van der Waals surface area (Å²) in [5.74, 6) is -0.0394. The van der Waals surface area contributed by atoms with Crippen molar-refractivity contribution in [3.8, 4) is 0 Å². The van der Waals surface area contributed by atoms with Gasteiger partial charge < -0.3 is 10.6 Å². The van der Waals surface area contributed by atoms with Crippen molar-refractivity contribution in [2.45, 2.75) is 0 Å². The van der Waals surface area contributed by atoms with Gasteiger partial charge in [0.2, 0.25) is 5.91 Å². The number of halogens is 1. The summed E-state index contributed by atoms with van der Waals surface area (Å²) < 4.78 is 1.01. The second-order valence-corrected chi connectivity index (χ2v) is 3.94. The van der Waals surface area contributed by atoms with Crippen LogP contribution >= 0.6 is 15.9 Å². The van der Waals surface area contributed by atoms with Crippen LogP contribution in [0.3, 0.4) is 0 Å². The van der Waals surface area contributed by atoms with E-state index in [0.29, 0.717) is 6.54 Å². The van der Waals surface area contributed by atoms with Gasteiger partial charge in [-0.05, 0) is 18.2 Å². The molecule has 0 fully saturated rings. The Morgan fingerprint density at radius 3 is 2.93 bits per heavy atom. The molecule has 2 rings (SSSR count). The number of hydrogen-bond acceptors (Lipinski definition) is 2. The van der Waals surface area contributed by atoms with E-state index in [4.69, 9.17) is 0 Å². The molecule has 1 heterocycles. The van der Waals surface area contributed by atoms with Crippen LogP contribution in [0.5, 0.6) is 0 Å². The van der Waals surface area contributed by atoms with Crippen LogP contribution < -0.4 is 10.6 Å². The lowest BCUT2D eigenvalue weighted by molar-refractivity contribution is -0.115. The average molecular weight is 253 g/mol. The van der Waals surface area contributed by atoms with Gasteiger partial charge >= 0.3 is 0 Å². The summed E-state index contributed by atoms with van der Waals surface area (Å²) in [7, 11) is 0. The van der Waals surface area contributed by atoms with E-state index in [1.54, 1.807) is 6.08 Å². The molecular formula is C10H9BrN2O. The number of anilines is 1. The normalized spacial score (nSPS) is 14.9. The monoisotopic (exact) mass is 252 g/mol. The summed E-state index contributed by atoms with van der Waals surface area (Å²) in [6, 6.07) is 7.81. The molecule has 2 N–H and O–H groups in total. The Morgan fingerprint density at radius 2 is 2.29 bits per heavy atom. The highest BCUT2D eigenvalue weighted by Crippen LogP contribution is 2.17. The fraction of sp³-hybridized carbons (Fsp3) is 0.100. The van der Waals surface area contributed by atoms with E-state index in [1.165, 1.54) is 0 Å². The summed E-state index contributed by atoms with van der Waals surface area (Å²) in [6.45, 7) is 0.575. The van der Waals surface area contributed by atoms with Gasteiger partial charge in [-0.15, -0.1) is 0 Å². The van der Waals surface area contributed by atoms with E-state index in [9.17, 15) is 4.79 Å². The third-order valence-electron chi connectivity index (χ3n) is 1.89. The van der Waals surface area contributed by atoms with Crippen LogP contribution in [0.1, 0.15) is 0 Å². The lowest BCUT2D eigenvalue weighted by atomic mass is 10.3. The molecule has 0 saturated heterocycles. The van der Waals surface area contributed by atoms with Gasteiger partial charge in [0.25, 0.3) is 0 Å². The Balaban J connectivity index is 2.11. The molecular weight excluding hydrogens is 244 g/mol. The van der Waals surface area contributed by atoms with Crippen molar-refractivity contribution >= 4 is 27.5 Å². The molecule has 0 bridgehead atoms. The molecule has 1 aromatic rings. The van der Waals surface area contributed by atoms with Crippen molar-refractivity contribution in [2.75, 3.05) is 11.9 Å². The smallest absolute Gasteiger partial charge is 0.246 e. The highest BCUT2D eigenvalue weighted by molar-refractivity contribution is 9.10. The van der Waals surface area contributed by atoms with Crippen molar-refractivity contribution in [2.24, 2.45) is 0 Å². The second kappa shape index (κ2) is 3.84. The van der Waals surface area contributed by atoms with Gasteiger partial charge in [-0.1, -0.05) is 22.0 Å². The molecule has 1 aromatic carbocycles. The predicted octanol–water partition coefficient (Wildman–Crippen LogP) is 1.87. The highest BCUT2D eigenvalue weighted by atomic mass is 79.9. The van der Waals surface area contributed by atoms with Crippen LogP contribution in [0.25, 0.3) is 0 Å². The molecule has 72 valence electrons. The minimum atomic E-state index is -0.0394. The zero-order valence-corrected chi connectivity index (χ0v) is 8.97. The van der Waals surface area contributed by atoms with Gasteiger partial charge in [0, 0.05) is 21.9 Å². The molecule has 0 aliphatic carbocycles. The Morgan fingerprint density at radius 1 is 1.43 bits per heavy atom. The van der Waals surface area contributed by atoms with E-state index in [2.05, 4.69) is 26.6 Å². The Kier molecular flexibility index (Phi) is 2.54. The SMILES string of the molecule is O=C1C=C(Nc2cccc(Br)c2)CN1. The van der Waals surface area contributed by atoms with Crippen molar-refractivity contribution in [1.82, 2.24) is 5.32 Å². The number of amides is 1. The molecule has 3 nitrogen and oxygen atoms in total. The summed E-state index contributed by atoms with van der Waals surface area (Å²) in [5.41, 5.74) is 1.87. The number of benzene rings is 1. The van der Waals surface area contributed by atoms with Gasteiger partial charge in [-0.3, -0.25) is 4.79 Å². The number of nitrogens with one attached hydrogen (secondary N) is 2. The van der Waals surface area contributed by atoms with Gasteiger partial charge in [0.15, 0.2) is 0 Å². The van der Waals surface area contributed by atoms with Gasteiger partial charge in [0.05, 0.1) is 6.54 Å². The van der Waals surface area contributed by atoms with Crippen molar-refractivity contribution < 1.29 is 4.79 Å². The zero-order chi connectivity index (χ0) is 9.97. The first-order valence-electron chi connectivity index (χ1n) is 4.25. The summed E-state index contributed by atoms with van der Waals surface area (Å²) in [5, 5.41) is 5.86. The van der Waals surface area contributed by atoms with E-state index in [1.807, 2.05) is 24.3 Å². The van der Waals surface area contributed by atoms with Crippen LogP contribution in [-0.4, -0.2) is 12.5 Å². The predicted molar refractivity (Wildman–Crippen MR) is 58.9 cm³/mol. The topological polar surface area (TPSA) is 41.1 Å². The molecule has 0 radical (unpaired) electrons. The Hall–Kier alpha value is -1.29. The number of rotatable bonds is 2. The van der Waals surface area contributed by atoms with Crippen LogP contribution in [-0.2, 0) is 4.79 Å². The molecule has 0 spiro atoms. The number of carbonyl (C=O) groups excluding carboxylic acids is 1. The number of hydrogen-bond donors (Lipinski definition) is 2. The Bertz CT molecular complexity index is 401. The number of carbonyl (C=O) groups is 1. The largest absolute Gasteiger partial charge is 0.357 e. The van der Waals surface area contributed by atoms with Gasteiger partial charge in [0.1, 0.15) is 0 Å². The molecule has 1 aliphatic heterocycles. The third kappa shape index (κ3) is 2.14. The first-order chi connectivity index (χ1) is 6.74. The van der Waals surface area contributed by atoms with Crippen molar-refractivity contribution in [1.29, 1.82) is 0 Å². The standard InChI is InChI=1S/C10H9BrN2O/c11-7-2-1-3-8(4-7)13-9-5-10(14)12-6-9/h1-5,13H,6H2,(H,12,14). The zero-order valence-electron chi connectivity index (χ0n) is 7.38. The first-order valence-corrected chi connectivity index (χ1v) is 5.04. The van der Waals surface area contributed by atoms with Crippen molar-refractivity contribution in [3.63, 3.8) is 0 Å². The molecule has 1 amide bonds. The maximum atomic E-state index is 10.9. The fourth-order valence-corrected chi connectivity index (χ4v) is 1.67. The third-order valence-corrected chi connectivity index (χ3v) is 2.38. The Labute approximate surface area is 90.3 Å². The average Bonchev–Trinajstić information content (AvgIpc) is 2.51. The fourth-order valence-electron chi connectivity index (χ4n) is 1.27. The summed E-state index contributed by atoms with van der Waals surface area (Å²) in [6.07, 6.45) is 1.57. The summed E-state index contributed by atoms with van der Waals surface area (Å²) >= 11 is 3.38. The first kappa shape index (κ1) is 9.27. The lowest BCUT2D eigenvalue weighted by Gasteiger charge is -2.06. The van der Waals surface area contributed by atoms with E-state index >= 15 is 0 Å². The summed E-state index contributed by atoms with van der Waals surface area (Å²) in [4.78, 5) is 10.9. The molecule has 0 saturated carbocycles. The van der Waals surface area contributed by atoms with Crippen LogP contribution in [0.2, 0.25) is 0 Å². The van der Waals surface area contributed by atoms with Crippen molar-refractivity contribution in [3.05, 3.63) is 40.5 Å². The van der Waals surface area contributed by atoms with Gasteiger partial charge in [-0.25, -0.2) is 0 Å². The van der Waals surface area contributed by atoms with Crippen LogP contribution in [0.15, 0.2) is 40.5 Å². The molecule has 0 atom stereocenters. The quantitative estimate of drug-likeness (QED) is 0.844. The minimum absolute atomic E-state index is 0.0394. The van der Waals surface area contributed by atoms with E-state index < -0.39 is 0 Å². The molecule has 4 heteroatoms. The molecule has 0 aromatic heterocycles. The van der Waals surface area contributed by atoms with E-state index in [-0.39, 0.29) is 5.91 Å². The van der Waals surface area contributed by atoms with Crippen LogP contribution in [0.4, 0.5) is 5.69 Å². The molecule has 0 unspecified atom stereocenters. The van der Waals surface area contributed by atoms with Crippen LogP contribution in [0, 0.1) is 0 Å². The molecule has 14 heavy (non-hydrogen) atoms. The van der Waals surface area contributed by atoms with E-state index in [0.717, 1.165) is 15.9 Å².